The molecule has 0 atom stereocenters. The van der Waals surface area contributed by atoms with Gasteiger partial charge in [-0.15, -0.1) is 0 Å². The highest BCUT2D eigenvalue weighted by Gasteiger charge is 2.37. The maximum Gasteiger partial charge on any atom is 0.338 e. The number of ether oxygens (including phenoxy) is 2. The van der Waals surface area contributed by atoms with Crippen molar-refractivity contribution in [2.75, 3.05) is 18.1 Å². The molecule has 0 radical (unpaired) electrons. The number of imide groups is 1. The van der Waals surface area contributed by atoms with Gasteiger partial charge in [0.2, 0.25) is 5.78 Å². The summed E-state index contributed by atoms with van der Waals surface area (Å²) in [5.41, 5.74) is 3.27. The van der Waals surface area contributed by atoms with Crippen LogP contribution in [0.2, 0.25) is 0 Å². The van der Waals surface area contributed by atoms with E-state index in [9.17, 15) is 19.2 Å². The number of esters is 1. The minimum atomic E-state index is -0.734. The van der Waals surface area contributed by atoms with Crippen LogP contribution in [0, 0.1) is 13.8 Å². The average Bonchev–Trinajstić information content (AvgIpc) is 3.61. The van der Waals surface area contributed by atoms with Gasteiger partial charge in [-0.25, -0.2) is 9.69 Å². The molecule has 2 heterocycles. The van der Waals surface area contributed by atoms with Crippen molar-refractivity contribution in [3.05, 3.63) is 82.2 Å². The molecule has 3 aromatic rings. The van der Waals surface area contributed by atoms with E-state index in [0.29, 0.717) is 29.6 Å². The van der Waals surface area contributed by atoms with Crippen LogP contribution >= 0.6 is 0 Å². The Hall–Kier alpha value is -4.20. The molecule has 1 aliphatic carbocycles. The molecule has 2 aliphatic rings. The molecule has 8 nitrogen and oxygen atoms in total. The molecule has 1 fully saturated rings. The van der Waals surface area contributed by atoms with Crippen LogP contribution in [0.25, 0.3) is 0 Å². The lowest BCUT2D eigenvalue weighted by atomic mass is 10.1. The van der Waals surface area contributed by atoms with E-state index in [4.69, 9.17) is 9.47 Å². The van der Waals surface area contributed by atoms with E-state index in [0.717, 1.165) is 29.1 Å². The van der Waals surface area contributed by atoms with Crippen LogP contribution in [0.15, 0.2) is 48.5 Å². The lowest BCUT2D eigenvalue weighted by Gasteiger charge is -2.14. The first-order chi connectivity index (χ1) is 17.3. The Labute approximate surface area is 208 Å². The van der Waals surface area contributed by atoms with Gasteiger partial charge in [-0.3, -0.25) is 14.4 Å². The zero-order valence-electron chi connectivity index (χ0n) is 20.4. The first-order valence-electron chi connectivity index (χ1n) is 11.9. The highest BCUT2D eigenvalue weighted by atomic mass is 16.5. The second-order valence-electron chi connectivity index (χ2n) is 9.02. The summed E-state index contributed by atoms with van der Waals surface area (Å²) in [6.45, 7) is 5.83. The molecule has 5 rings (SSSR count). The van der Waals surface area contributed by atoms with E-state index in [1.54, 1.807) is 24.3 Å². The molecular formula is C28H26N2O6. The monoisotopic (exact) mass is 486 g/mol. The fourth-order valence-corrected chi connectivity index (χ4v) is 4.71. The lowest BCUT2D eigenvalue weighted by Crippen LogP contribution is -2.29. The molecule has 0 saturated heterocycles. The number of anilines is 1. The Balaban J connectivity index is 1.29. The predicted octanol–water partition coefficient (Wildman–Crippen LogP) is 4.68. The van der Waals surface area contributed by atoms with Gasteiger partial charge in [0.05, 0.1) is 29.0 Å². The molecule has 2 aromatic carbocycles. The number of hydrogen-bond acceptors (Lipinski definition) is 6. The van der Waals surface area contributed by atoms with E-state index in [-0.39, 0.29) is 22.5 Å². The van der Waals surface area contributed by atoms with E-state index in [1.165, 1.54) is 18.2 Å². The normalized spacial score (nSPS) is 14.7. The number of fused-ring (bicyclic) bond motifs is 1. The van der Waals surface area contributed by atoms with Crippen molar-refractivity contribution >= 4 is 29.3 Å². The average molecular weight is 487 g/mol. The molecule has 0 unspecified atom stereocenters. The van der Waals surface area contributed by atoms with Gasteiger partial charge in [0.25, 0.3) is 11.8 Å². The topological polar surface area (TPSA) is 94.9 Å². The van der Waals surface area contributed by atoms with Crippen LogP contribution in [-0.4, -0.2) is 41.3 Å². The maximum atomic E-state index is 13.0. The van der Waals surface area contributed by atoms with Crippen molar-refractivity contribution in [2.24, 2.45) is 0 Å². The van der Waals surface area contributed by atoms with Crippen LogP contribution < -0.4 is 9.64 Å². The molecule has 1 aromatic heterocycles. The van der Waals surface area contributed by atoms with Crippen molar-refractivity contribution in [1.29, 1.82) is 0 Å². The first kappa shape index (κ1) is 23.5. The van der Waals surface area contributed by atoms with Crippen molar-refractivity contribution < 1.29 is 28.7 Å². The van der Waals surface area contributed by atoms with Gasteiger partial charge >= 0.3 is 5.97 Å². The SMILES string of the molecule is CCOc1ccc(N2C(=O)c3ccc(C(=O)OCC(=O)c4cc(C)n(C5CC5)c4C)cc3C2=O)cc1. The molecule has 36 heavy (non-hydrogen) atoms. The van der Waals surface area contributed by atoms with Crippen LogP contribution in [0.5, 0.6) is 5.75 Å². The standard InChI is InChI=1S/C28H26N2O6/c1-4-35-21-10-8-20(9-11-21)30-26(32)22-12-5-18(14-24(22)27(30)33)28(34)36-15-25(31)23-13-16(2)29(17(23)3)19-6-7-19/h5,8-14,19H,4,6-7,15H2,1-3H3. The second-order valence-corrected chi connectivity index (χ2v) is 9.02. The quantitative estimate of drug-likeness (QED) is 0.261. The predicted molar refractivity (Wildman–Crippen MR) is 132 cm³/mol. The molecule has 0 bridgehead atoms. The summed E-state index contributed by atoms with van der Waals surface area (Å²) in [6, 6.07) is 13.1. The van der Waals surface area contributed by atoms with Gasteiger partial charge in [0, 0.05) is 23.0 Å². The zero-order chi connectivity index (χ0) is 25.6. The number of aromatic nitrogens is 1. The van der Waals surface area contributed by atoms with E-state index >= 15 is 0 Å². The largest absolute Gasteiger partial charge is 0.494 e. The summed E-state index contributed by atoms with van der Waals surface area (Å²) in [5, 5.41) is 0. The van der Waals surface area contributed by atoms with E-state index in [1.807, 2.05) is 26.8 Å². The highest BCUT2D eigenvalue weighted by Crippen LogP contribution is 2.38. The number of rotatable bonds is 8. The zero-order valence-corrected chi connectivity index (χ0v) is 20.4. The number of hydrogen-bond donors (Lipinski definition) is 0. The maximum absolute atomic E-state index is 13.0. The van der Waals surface area contributed by atoms with Crippen molar-refractivity contribution in [3.8, 4) is 5.75 Å². The Morgan fingerprint density at radius 1 is 0.944 bits per heavy atom. The summed E-state index contributed by atoms with van der Waals surface area (Å²) < 4.78 is 12.8. The molecule has 1 saturated carbocycles. The molecule has 2 amide bonds. The third-order valence-corrected chi connectivity index (χ3v) is 6.56. The molecular weight excluding hydrogens is 460 g/mol. The number of ketones is 1. The number of Topliss-reactive ketones (excluding diaryl/α,β-unsaturated/α-hetero) is 1. The first-order valence-corrected chi connectivity index (χ1v) is 11.9. The van der Waals surface area contributed by atoms with Crippen LogP contribution in [-0.2, 0) is 4.74 Å². The second kappa shape index (κ2) is 9.11. The minimum Gasteiger partial charge on any atom is -0.494 e. The van der Waals surface area contributed by atoms with Crippen LogP contribution in [0.1, 0.15) is 78.6 Å². The Kier molecular flexibility index (Phi) is 5.96. The number of amides is 2. The van der Waals surface area contributed by atoms with Crippen molar-refractivity contribution in [1.82, 2.24) is 4.57 Å². The van der Waals surface area contributed by atoms with Crippen LogP contribution in [0.3, 0.4) is 0 Å². The smallest absolute Gasteiger partial charge is 0.338 e. The number of carbonyl (C=O) groups is 4. The summed E-state index contributed by atoms with van der Waals surface area (Å²) in [6.07, 6.45) is 2.21. The summed E-state index contributed by atoms with van der Waals surface area (Å²) in [7, 11) is 0. The third kappa shape index (κ3) is 4.08. The lowest BCUT2D eigenvalue weighted by molar-refractivity contribution is 0.0474. The fourth-order valence-electron chi connectivity index (χ4n) is 4.71. The van der Waals surface area contributed by atoms with E-state index < -0.39 is 24.4 Å². The molecule has 0 N–H and O–H groups in total. The Morgan fingerprint density at radius 2 is 1.64 bits per heavy atom. The molecule has 1 aliphatic heterocycles. The third-order valence-electron chi connectivity index (χ3n) is 6.56. The van der Waals surface area contributed by atoms with Gasteiger partial charge in [0.15, 0.2) is 6.61 Å². The minimum absolute atomic E-state index is 0.0969. The number of carbonyl (C=O) groups excluding carboxylic acids is 4. The number of benzene rings is 2. The van der Waals surface area contributed by atoms with Crippen molar-refractivity contribution in [3.63, 3.8) is 0 Å². The van der Waals surface area contributed by atoms with Gasteiger partial charge in [-0.05, 0) is 82.1 Å². The molecule has 8 heteroatoms. The Morgan fingerprint density at radius 3 is 2.31 bits per heavy atom. The van der Waals surface area contributed by atoms with Gasteiger partial charge in [0.1, 0.15) is 5.75 Å². The van der Waals surface area contributed by atoms with Gasteiger partial charge in [-0.2, -0.15) is 0 Å². The van der Waals surface area contributed by atoms with Gasteiger partial charge < -0.3 is 14.0 Å². The fraction of sp³-hybridized carbons (Fsp3) is 0.286. The summed E-state index contributed by atoms with van der Waals surface area (Å²) >= 11 is 0. The number of aryl methyl sites for hydroxylation is 1. The van der Waals surface area contributed by atoms with Crippen molar-refractivity contribution in [2.45, 2.75) is 39.7 Å². The number of nitrogens with zero attached hydrogens (tertiary/aromatic N) is 2. The molecule has 0 spiro atoms. The summed E-state index contributed by atoms with van der Waals surface area (Å²) in [5.74, 6) is -1.39. The molecule has 184 valence electrons. The van der Waals surface area contributed by atoms with Gasteiger partial charge in [-0.1, -0.05) is 0 Å². The van der Waals surface area contributed by atoms with Crippen LogP contribution in [0.4, 0.5) is 5.69 Å². The highest BCUT2D eigenvalue weighted by molar-refractivity contribution is 6.34. The summed E-state index contributed by atoms with van der Waals surface area (Å²) in [4.78, 5) is 52.4. The van der Waals surface area contributed by atoms with E-state index in [2.05, 4.69) is 4.57 Å². The Bertz CT molecular complexity index is 1400.